The second kappa shape index (κ2) is 7.73. The Labute approximate surface area is 156 Å². The van der Waals surface area contributed by atoms with Gasteiger partial charge >= 0.3 is 12.1 Å². The molecule has 2 saturated heterocycles. The van der Waals surface area contributed by atoms with Gasteiger partial charge in [-0.2, -0.15) is 24.5 Å². The van der Waals surface area contributed by atoms with Crippen molar-refractivity contribution in [2.24, 2.45) is 0 Å². The number of fused-ring (bicyclic) bond motifs is 1. The summed E-state index contributed by atoms with van der Waals surface area (Å²) in [6.45, 7) is 1.93. The lowest BCUT2D eigenvalue weighted by Gasteiger charge is -2.24. The minimum Gasteiger partial charge on any atom is -0.475 e. The second-order valence-corrected chi connectivity index (χ2v) is 7.06. The third-order valence-corrected chi connectivity index (χ3v) is 5.27. The minimum absolute atomic E-state index is 0.260. The van der Waals surface area contributed by atoms with E-state index in [0.717, 1.165) is 25.2 Å². The van der Waals surface area contributed by atoms with Crippen LogP contribution in [0.15, 0.2) is 39.8 Å². The van der Waals surface area contributed by atoms with E-state index in [1.807, 2.05) is 22.4 Å². The minimum atomic E-state index is -5.08. The fraction of sp³-hybridized carbons (Fsp3) is 0.412. The van der Waals surface area contributed by atoms with Gasteiger partial charge in [-0.3, -0.25) is 9.69 Å². The van der Waals surface area contributed by atoms with Crippen LogP contribution in [-0.2, 0) is 16.1 Å². The number of anilines is 1. The van der Waals surface area contributed by atoms with Crippen molar-refractivity contribution >= 4 is 28.9 Å². The summed E-state index contributed by atoms with van der Waals surface area (Å²) in [7, 11) is 0. The van der Waals surface area contributed by atoms with Crippen LogP contribution in [0.4, 0.5) is 18.9 Å². The van der Waals surface area contributed by atoms with Crippen molar-refractivity contribution in [2.45, 2.75) is 37.6 Å². The van der Waals surface area contributed by atoms with Crippen molar-refractivity contribution < 1.29 is 32.3 Å². The van der Waals surface area contributed by atoms with Crippen molar-refractivity contribution in [3.8, 4) is 0 Å². The Morgan fingerprint density at radius 1 is 1.33 bits per heavy atom. The molecule has 27 heavy (non-hydrogen) atoms. The maximum absolute atomic E-state index is 12.3. The number of nitrogens with zero attached hydrogens (tertiary/aromatic N) is 2. The van der Waals surface area contributed by atoms with E-state index in [-0.39, 0.29) is 5.91 Å². The molecule has 2 aliphatic heterocycles. The summed E-state index contributed by atoms with van der Waals surface area (Å²) in [6, 6.07) is 4.73. The molecule has 2 aromatic rings. The highest BCUT2D eigenvalue weighted by atomic mass is 32.1. The molecule has 146 valence electrons. The van der Waals surface area contributed by atoms with Crippen molar-refractivity contribution in [3.63, 3.8) is 0 Å². The van der Waals surface area contributed by atoms with Gasteiger partial charge in [0.2, 0.25) is 5.91 Å². The number of rotatable bonds is 3. The molecule has 2 aliphatic rings. The summed E-state index contributed by atoms with van der Waals surface area (Å²) < 4.78 is 36.9. The number of alkyl halides is 3. The first kappa shape index (κ1) is 19.4. The molecular formula is C17H17F3N2O4S. The van der Waals surface area contributed by atoms with Gasteiger partial charge in [0.1, 0.15) is 0 Å². The topological polar surface area (TPSA) is 74.0 Å². The van der Waals surface area contributed by atoms with Crippen LogP contribution in [0.3, 0.4) is 0 Å². The highest BCUT2D eigenvalue weighted by Gasteiger charge is 2.47. The average molecular weight is 402 g/mol. The van der Waals surface area contributed by atoms with Gasteiger partial charge in [0.25, 0.3) is 0 Å². The van der Waals surface area contributed by atoms with Gasteiger partial charge in [0, 0.05) is 36.5 Å². The Balaban J connectivity index is 0.000000260. The van der Waals surface area contributed by atoms with Gasteiger partial charge in [-0.25, -0.2) is 4.79 Å². The molecule has 0 unspecified atom stereocenters. The molecule has 2 aromatic heterocycles. The zero-order chi connectivity index (χ0) is 19.6. The van der Waals surface area contributed by atoms with E-state index < -0.39 is 12.1 Å². The number of halogens is 3. The average Bonchev–Trinajstić information content (AvgIpc) is 3.34. The van der Waals surface area contributed by atoms with E-state index in [9.17, 15) is 18.0 Å². The largest absolute Gasteiger partial charge is 0.490 e. The standard InChI is InChI=1S/C15H16N2O2S.C2HF3O2/c18-15-7-14-13(17(15)12-3-6-20-10-12)1-4-16(14)8-11-2-5-19-9-11;3-2(4,5)1(6)7/h2-3,5-6,9-10,13-14H,1,4,7-8H2;(H,6,7)/t13-,14+;/m1./s1. The van der Waals surface area contributed by atoms with Gasteiger partial charge in [0.15, 0.2) is 0 Å². The van der Waals surface area contributed by atoms with Crippen LogP contribution in [0, 0.1) is 0 Å². The van der Waals surface area contributed by atoms with Gasteiger partial charge in [-0.05, 0) is 23.9 Å². The molecular weight excluding hydrogens is 385 g/mol. The summed E-state index contributed by atoms with van der Waals surface area (Å²) in [5.41, 5.74) is 2.25. The number of carbonyl (C=O) groups excluding carboxylic acids is 1. The van der Waals surface area contributed by atoms with Crippen molar-refractivity contribution in [1.82, 2.24) is 4.90 Å². The Morgan fingerprint density at radius 2 is 2.07 bits per heavy atom. The first-order chi connectivity index (χ1) is 12.8. The number of carboxylic acid groups (broad SMARTS) is 1. The van der Waals surface area contributed by atoms with E-state index in [4.69, 9.17) is 14.3 Å². The van der Waals surface area contributed by atoms with E-state index in [1.54, 1.807) is 23.9 Å². The van der Waals surface area contributed by atoms with Crippen molar-refractivity contribution in [1.29, 1.82) is 0 Å². The summed E-state index contributed by atoms with van der Waals surface area (Å²) >= 11 is 1.65. The van der Waals surface area contributed by atoms with Gasteiger partial charge in [0.05, 0.1) is 24.3 Å². The molecule has 0 bridgehead atoms. The quantitative estimate of drug-likeness (QED) is 0.852. The van der Waals surface area contributed by atoms with Crippen molar-refractivity contribution in [3.05, 3.63) is 41.0 Å². The summed E-state index contributed by atoms with van der Waals surface area (Å²) in [5.74, 6) is -2.50. The summed E-state index contributed by atoms with van der Waals surface area (Å²) in [4.78, 5) is 25.6. The number of amides is 1. The normalized spacial score (nSPS) is 22.5. The predicted octanol–water partition coefficient (Wildman–Crippen LogP) is 3.35. The molecule has 2 fully saturated rings. The third kappa shape index (κ3) is 4.33. The Kier molecular flexibility index (Phi) is 5.56. The number of carboxylic acids is 1. The van der Waals surface area contributed by atoms with Crippen LogP contribution in [0.2, 0.25) is 0 Å². The van der Waals surface area contributed by atoms with E-state index >= 15 is 0 Å². The van der Waals surface area contributed by atoms with Crippen LogP contribution >= 0.6 is 11.3 Å². The summed E-state index contributed by atoms with van der Waals surface area (Å²) in [5, 5.41) is 11.2. The molecule has 0 aliphatic carbocycles. The maximum atomic E-state index is 12.3. The number of aliphatic carboxylic acids is 1. The van der Waals surface area contributed by atoms with Crippen LogP contribution in [0.25, 0.3) is 0 Å². The summed E-state index contributed by atoms with van der Waals surface area (Å²) in [6.07, 6.45) is 0.115. The fourth-order valence-corrected chi connectivity index (χ4v) is 4.10. The first-order valence-corrected chi connectivity index (χ1v) is 9.11. The lowest BCUT2D eigenvalue weighted by Crippen LogP contribution is -2.36. The third-order valence-electron chi connectivity index (χ3n) is 4.60. The Bertz CT molecular complexity index is 777. The van der Waals surface area contributed by atoms with Crippen LogP contribution in [-0.4, -0.2) is 46.7 Å². The smallest absolute Gasteiger partial charge is 0.475 e. The highest BCUT2D eigenvalue weighted by molar-refractivity contribution is 7.08. The second-order valence-electron chi connectivity index (χ2n) is 6.28. The molecule has 0 saturated carbocycles. The molecule has 2 atom stereocenters. The zero-order valence-electron chi connectivity index (χ0n) is 14.1. The van der Waals surface area contributed by atoms with E-state index in [0.29, 0.717) is 18.5 Å². The number of thiophene rings is 1. The fourth-order valence-electron chi connectivity index (χ4n) is 3.47. The molecule has 0 aromatic carbocycles. The highest BCUT2D eigenvalue weighted by Crippen LogP contribution is 2.37. The van der Waals surface area contributed by atoms with Crippen LogP contribution < -0.4 is 4.90 Å². The predicted molar refractivity (Wildman–Crippen MR) is 91.4 cm³/mol. The Hall–Kier alpha value is -2.33. The van der Waals surface area contributed by atoms with Crippen LogP contribution in [0.1, 0.15) is 18.4 Å². The number of carbonyl (C=O) groups is 2. The Morgan fingerprint density at radius 3 is 2.63 bits per heavy atom. The molecule has 6 nitrogen and oxygen atoms in total. The first-order valence-electron chi connectivity index (χ1n) is 8.17. The lowest BCUT2D eigenvalue weighted by molar-refractivity contribution is -0.192. The van der Waals surface area contributed by atoms with Crippen LogP contribution in [0.5, 0.6) is 0 Å². The van der Waals surface area contributed by atoms with E-state index in [2.05, 4.69) is 10.3 Å². The molecule has 10 heteroatoms. The molecule has 1 amide bonds. The zero-order valence-corrected chi connectivity index (χ0v) is 14.9. The maximum Gasteiger partial charge on any atom is 0.490 e. The molecule has 0 radical (unpaired) electrons. The SMILES string of the molecule is O=C(O)C(F)(F)F.O=C1C[C@H]2[C@@H](CCN2Cc2ccoc2)N1c1ccsc1. The monoisotopic (exact) mass is 402 g/mol. The number of likely N-dealkylation sites (tertiary alicyclic amines) is 1. The van der Waals surface area contributed by atoms with Gasteiger partial charge in [-0.15, -0.1) is 0 Å². The molecule has 4 heterocycles. The number of furan rings is 1. The molecule has 0 spiro atoms. The van der Waals surface area contributed by atoms with Gasteiger partial charge in [-0.1, -0.05) is 0 Å². The molecule has 4 rings (SSSR count). The molecule has 1 N–H and O–H groups in total. The number of hydrogen-bond donors (Lipinski definition) is 1. The number of hydrogen-bond acceptors (Lipinski definition) is 5. The van der Waals surface area contributed by atoms with E-state index in [1.165, 1.54) is 5.56 Å². The lowest BCUT2D eigenvalue weighted by atomic mass is 10.1. The van der Waals surface area contributed by atoms with Gasteiger partial charge < -0.3 is 14.4 Å². The van der Waals surface area contributed by atoms with Crippen molar-refractivity contribution in [2.75, 3.05) is 11.4 Å².